The smallest absolute Gasteiger partial charge is 0.247 e. The number of aromatic nitrogens is 3. The molecule has 2 aromatic carbocycles. The zero-order valence-corrected chi connectivity index (χ0v) is 21.3. The second kappa shape index (κ2) is 10.6. The van der Waals surface area contributed by atoms with E-state index < -0.39 is 0 Å². The van der Waals surface area contributed by atoms with Crippen LogP contribution in [-0.2, 0) is 9.59 Å². The highest BCUT2D eigenvalue weighted by Gasteiger charge is 2.27. The fraction of sp³-hybridized carbons (Fsp3) is 0.214. The summed E-state index contributed by atoms with van der Waals surface area (Å²) in [5.74, 6) is 1.08. The van der Waals surface area contributed by atoms with Crippen LogP contribution in [0.2, 0.25) is 0 Å². The second-order valence-corrected chi connectivity index (χ2v) is 9.11. The fourth-order valence-corrected chi connectivity index (χ4v) is 4.45. The molecule has 4 aromatic rings. The van der Waals surface area contributed by atoms with Crippen LogP contribution in [0.1, 0.15) is 13.3 Å². The number of hydrogen-bond donors (Lipinski definition) is 3. The SMILES string of the molecule is C=CC(=O)Nc1cccc(Oc2nc(Nc3ccc(N(C)C4CCN(C(C)=O)C4)cc3)nc3[nH]ccc23)c1. The number of amides is 2. The minimum atomic E-state index is -0.304. The molecule has 10 nitrogen and oxygen atoms in total. The van der Waals surface area contributed by atoms with E-state index in [1.165, 1.54) is 6.08 Å². The lowest BCUT2D eigenvalue weighted by Crippen LogP contribution is -2.35. The lowest BCUT2D eigenvalue weighted by Gasteiger charge is -2.27. The number of aromatic amines is 1. The minimum absolute atomic E-state index is 0.120. The molecular formula is C28H29N7O3. The predicted octanol–water partition coefficient (Wildman–Crippen LogP) is 4.68. The zero-order valence-electron chi connectivity index (χ0n) is 21.3. The van der Waals surface area contributed by atoms with Crippen molar-refractivity contribution < 1.29 is 14.3 Å². The van der Waals surface area contributed by atoms with E-state index in [-0.39, 0.29) is 11.8 Å². The van der Waals surface area contributed by atoms with E-state index in [0.717, 1.165) is 36.3 Å². The first-order chi connectivity index (χ1) is 18.4. The molecule has 1 saturated heterocycles. The summed E-state index contributed by atoms with van der Waals surface area (Å²) >= 11 is 0. The summed E-state index contributed by atoms with van der Waals surface area (Å²) in [6.07, 6.45) is 3.94. The molecule has 0 aliphatic carbocycles. The Morgan fingerprint density at radius 1 is 1.16 bits per heavy atom. The molecule has 38 heavy (non-hydrogen) atoms. The van der Waals surface area contributed by atoms with E-state index in [1.54, 1.807) is 37.4 Å². The van der Waals surface area contributed by atoms with Crippen LogP contribution in [-0.4, -0.2) is 57.8 Å². The third kappa shape index (κ3) is 5.44. The summed E-state index contributed by atoms with van der Waals surface area (Å²) < 4.78 is 6.09. The molecule has 0 radical (unpaired) electrons. The van der Waals surface area contributed by atoms with E-state index >= 15 is 0 Å². The van der Waals surface area contributed by atoms with Gasteiger partial charge < -0.3 is 30.2 Å². The lowest BCUT2D eigenvalue weighted by atomic mass is 10.2. The van der Waals surface area contributed by atoms with E-state index in [0.29, 0.717) is 35.0 Å². The summed E-state index contributed by atoms with van der Waals surface area (Å²) in [6.45, 7) is 6.62. The van der Waals surface area contributed by atoms with E-state index in [1.807, 2.05) is 35.2 Å². The molecule has 1 unspecified atom stereocenters. The first kappa shape index (κ1) is 24.8. The molecule has 0 spiro atoms. The Morgan fingerprint density at radius 3 is 2.71 bits per heavy atom. The number of anilines is 4. The van der Waals surface area contributed by atoms with E-state index in [9.17, 15) is 9.59 Å². The maximum Gasteiger partial charge on any atom is 0.247 e. The number of ether oxygens (including phenoxy) is 1. The number of carbonyl (C=O) groups excluding carboxylic acids is 2. The van der Waals surface area contributed by atoms with Crippen molar-refractivity contribution in [2.24, 2.45) is 0 Å². The molecule has 2 amide bonds. The number of nitrogens with zero attached hydrogens (tertiary/aromatic N) is 4. The van der Waals surface area contributed by atoms with Gasteiger partial charge in [0.2, 0.25) is 23.6 Å². The normalized spacial score (nSPS) is 14.8. The van der Waals surface area contributed by atoms with Gasteiger partial charge in [0.1, 0.15) is 11.4 Å². The maximum absolute atomic E-state index is 11.7. The summed E-state index contributed by atoms with van der Waals surface area (Å²) in [5.41, 5.74) is 3.10. The maximum atomic E-state index is 11.7. The van der Waals surface area contributed by atoms with Crippen LogP contribution >= 0.6 is 0 Å². The quantitative estimate of drug-likeness (QED) is 0.294. The molecule has 3 heterocycles. The number of carbonyl (C=O) groups is 2. The van der Waals surface area contributed by atoms with Gasteiger partial charge in [-0.15, -0.1) is 0 Å². The van der Waals surface area contributed by atoms with Crippen LogP contribution in [0, 0.1) is 0 Å². The van der Waals surface area contributed by atoms with Crippen molar-refractivity contribution in [1.29, 1.82) is 0 Å². The number of fused-ring (bicyclic) bond motifs is 1. The van der Waals surface area contributed by atoms with E-state index in [2.05, 4.69) is 44.1 Å². The number of likely N-dealkylation sites (N-methyl/N-ethyl adjacent to an activating group) is 1. The Morgan fingerprint density at radius 2 is 1.97 bits per heavy atom. The van der Waals surface area contributed by atoms with Crippen LogP contribution in [0.15, 0.2) is 73.4 Å². The number of likely N-dealkylation sites (tertiary alicyclic amines) is 1. The van der Waals surface area contributed by atoms with Crippen molar-refractivity contribution in [3.8, 4) is 11.6 Å². The van der Waals surface area contributed by atoms with Crippen molar-refractivity contribution in [2.75, 3.05) is 35.7 Å². The monoisotopic (exact) mass is 511 g/mol. The Kier molecular flexibility index (Phi) is 6.94. The largest absolute Gasteiger partial charge is 0.438 e. The summed E-state index contributed by atoms with van der Waals surface area (Å²) in [6, 6.07) is 17.2. The van der Waals surface area contributed by atoms with Gasteiger partial charge in [-0.25, -0.2) is 0 Å². The predicted molar refractivity (Wildman–Crippen MR) is 148 cm³/mol. The first-order valence-electron chi connectivity index (χ1n) is 12.3. The van der Waals surface area contributed by atoms with Gasteiger partial charge in [-0.05, 0) is 55.0 Å². The highest BCUT2D eigenvalue weighted by atomic mass is 16.5. The Hall–Kier alpha value is -4.86. The minimum Gasteiger partial charge on any atom is -0.438 e. The average molecular weight is 512 g/mol. The molecule has 3 N–H and O–H groups in total. The highest BCUT2D eigenvalue weighted by Crippen LogP contribution is 2.31. The molecular weight excluding hydrogens is 482 g/mol. The number of nitrogens with one attached hydrogen (secondary N) is 3. The Balaban J connectivity index is 1.32. The molecule has 10 heteroatoms. The van der Waals surface area contributed by atoms with Gasteiger partial charge in [-0.3, -0.25) is 9.59 Å². The number of H-pyrrole nitrogens is 1. The summed E-state index contributed by atoms with van der Waals surface area (Å²) in [5, 5.41) is 6.70. The standard InChI is InChI=1S/C28H29N7O3/c1-4-25(37)30-20-6-5-7-23(16-20)38-27-24-12-14-29-26(24)32-28(33-27)31-19-8-10-21(11-9-19)34(3)22-13-15-35(17-22)18(2)36/h4-12,14,16,22H,1,13,15,17H2,2-3H3,(H,30,37)(H2,29,31,32,33). The van der Waals surface area contributed by atoms with Crippen molar-refractivity contribution in [1.82, 2.24) is 19.9 Å². The lowest BCUT2D eigenvalue weighted by molar-refractivity contribution is -0.127. The third-order valence-electron chi connectivity index (χ3n) is 6.57. The van der Waals surface area contributed by atoms with Gasteiger partial charge in [-0.2, -0.15) is 9.97 Å². The molecule has 194 valence electrons. The van der Waals surface area contributed by atoms with Crippen LogP contribution in [0.4, 0.5) is 23.0 Å². The van der Waals surface area contributed by atoms with Gasteiger partial charge in [0, 0.05) is 62.4 Å². The Bertz CT molecular complexity index is 1480. The average Bonchev–Trinajstić information content (AvgIpc) is 3.59. The number of benzene rings is 2. The van der Waals surface area contributed by atoms with Crippen LogP contribution in [0.25, 0.3) is 11.0 Å². The van der Waals surface area contributed by atoms with Gasteiger partial charge in [0.25, 0.3) is 0 Å². The fourth-order valence-electron chi connectivity index (χ4n) is 4.45. The number of rotatable bonds is 8. The van der Waals surface area contributed by atoms with Gasteiger partial charge in [0.15, 0.2) is 0 Å². The molecule has 5 rings (SSSR count). The third-order valence-corrected chi connectivity index (χ3v) is 6.57. The summed E-state index contributed by atoms with van der Waals surface area (Å²) in [4.78, 5) is 39.7. The topological polar surface area (TPSA) is 115 Å². The van der Waals surface area contributed by atoms with Crippen molar-refractivity contribution in [3.05, 3.63) is 73.4 Å². The van der Waals surface area contributed by atoms with Gasteiger partial charge in [-0.1, -0.05) is 12.6 Å². The van der Waals surface area contributed by atoms with Gasteiger partial charge >= 0.3 is 0 Å². The Labute approximate surface area is 220 Å². The molecule has 0 saturated carbocycles. The molecule has 2 aromatic heterocycles. The number of hydrogen-bond acceptors (Lipinski definition) is 7. The zero-order chi connectivity index (χ0) is 26.6. The van der Waals surface area contributed by atoms with Crippen LogP contribution in [0.5, 0.6) is 11.6 Å². The molecule has 1 aliphatic rings. The van der Waals surface area contributed by atoms with Crippen LogP contribution in [0.3, 0.4) is 0 Å². The highest BCUT2D eigenvalue weighted by molar-refractivity contribution is 5.99. The van der Waals surface area contributed by atoms with Crippen molar-refractivity contribution in [3.63, 3.8) is 0 Å². The van der Waals surface area contributed by atoms with Crippen molar-refractivity contribution >= 4 is 45.9 Å². The first-order valence-corrected chi connectivity index (χ1v) is 12.3. The molecule has 1 fully saturated rings. The van der Waals surface area contributed by atoms with Crippen molar-refractivity contribution in [2.45, 2.75) is 19.4 Å². The van der Waals surface area contributed by atoms with Crippen LogP contribution < -0.4 is 20.3 Å². The summed E-state index contributed by atoms with van der Waals surface area (Å²) in [7, 11) is 2.06. The molecule has 1 atom stereocenters. The second-order valence-electron chi connectivity index (χ2n) is 9.11. The van der Waals surface area contributed by atoms with E-state index in [4.69, 9.17) is 4.74 Å². The molecule has 0 bridgehead atoms. The molecule has 1 aliphatic heterocycles. The van der Waals surface area contributed by atoms with Gasteiger partial charge in [0.05, 0.1) is 5.39 Å².